The molecule has 1 saturated heterocycles. The van der Waals surface area contributed by atoms with Gasteiger partial charge in [0.25, 0.3) is 0 Å². The zero-order chi connectivity index (χ0) is 13.4. The van der Waals surface area contributed by atoms with Crippen LogP contribution >= 0.6 is 0 Å². The molecule has 5 heteroatoms. The normalized spacial score (nSPS) is 21.0. The third-order valence-electron chi connectivity index (χ3n) is 2.90. The van der Waals surface area contributed by atoms with E-state index in [-0.39, 0.29) is 11.8 Å². The van der Waals surface area contributed by atoms with Gasteiger partial charge in [0.2, 0.25) is 0 Å². The molecule has 0 bridgehead atoms. The second-order valence-electron chi connectivity index (χ2n) is 4.88. The van der Waals surface area contributed by atoms with Gasteiger partial charge in [-0.1, -0.05) is 20.8 Å². The molecule has 0 N–H and O–H groups in total. The van der Waals surface area contributed by atoms with E-state index < -0.39 is 8.56 Å². The van der Waals surface area contributed by atoms with Crippen molar-refractivity contribution in [1.29, 1.82) is 0 Å². The zero-order valence-electron chi connectivity index (χ0n) is 12.2. The van der Waals surface area contributed by atoms with Crippen LogP contribution < -0.4 is 0 Å². The maximum atomic E-state index is 6.05. The molecule has 108 valence electrons. The van der Waals surface area contributed by atoms with Gasteiger partial charge in [-0.25, -0.2) is 0 Å². The Morgan fingerprint density at radius 3 is 1.94 bits per heavy atom. The molecule has 1 fully saturated rings. The van der Waals surface area contributed by atoms with Crippen molar-refractivity contribution in [3.05, 3.63) is 0 Å². The topological polar surface area (TPSA) is 40.2 Å². The Labute approximate surface area is 112 Å². The van der Waals surface area contributed by atoms with Crippen LogP contribution in [-0.4, -0.2) is 46.8 Å². The quantitative estimate of drug-likeness (QED) is 0.430. The summed E-state index contributed by atoms with van der Waals surface area (Å²) >= 11 is 0. The van der Waals surface area contributed by atoms with E-state index in [1.165, 1.54) is 0 Å². The summed E-state index contributed by atoms with van der Waals surface area (Å²) in [6.07, 6.45) is 3.20. The van der Waals surface area contributed by atoms with Crippen molar-refractivity contribution in [2.24, 2.45) is 0 Å². The molecule has 18 heavy (non-hydrogen) atoms. The Balaban J connectivity index is 2.62. The van der Waals surface area contributed by atoms with Gasteiger partial charge in [0.05, 0.1) is 6.61 Å². The molecule has 0 spiro atoms. The SMILES string of the molecule is CCCOC(C1CO1)[Si](C)(OCCC)OCCC. The first-order valence-electron chi connectivity index (χ1n) is 7.19. The summed E-state index contributed by atoms with van der Waals surface area (Å²) < 4.78 is 23.5. The zero-order valence-corrected chi connectivity index (χ0v) is 13.2. The van der Waals surface area contributed by atoms with Gasteiger partial charge in [0.15, 0.2) is 0 Å². The molecule has 1 aliphatic rings. The van der Waals surface area contributed by atoms with Crippen molar-refractivity contribution in [3.8, 4) is 0 Å². The fraction of sp³-hybridized carbons (Fsp3) is 1.00. The molecule has 1 rings (SSSR count). The summed E-state index contributed by atoms with van der Waals surface area (Å²) in [7, 11) is -2.31. The highest BCUT2D eigenvalue weighted by molar-refractivity contribution is 6.67. The van der Waals surface area contributed by atoms with Gasteiger partial charge in [0.1, 0.15) is 11.8 Å². The predicted molar refractivity (Wildman–Crippen MR) is 73.9 cm³/mol. The Morgan fingerprint density at radius 2 is 1.56 bits per heavy atom. The van der Waals surface area contributed by atoms with Crippen LogP contribution in [0.1, 0.15) is 40.0 Å². The number of rotatable bonds is 11. The lowest BCUT2D eigenvalue weighted by atomic mass is 10.5. The van der Waals surface area contributed by atoms with E-state index in [1.807, 2.05) is 0 Å². The molecule has 0 saturated carbocycles. The Morgan fingerprint density at radius 1 is 1.06 bits per heavy atom. The van der Waals surface area contributed by atoms with E-state index in [1.54, 1.807) is 0 Å². The summed E-state index contributed by atoms with van der Waals surface area (Å²) in [6.45, 7) is 11.5. The first-order valence-corrected chi connectivity index (χ1v) is 9.58. The van der Waals surface area contributed by atoms with Crippen LogP contribution in [0, 0.1) is 0 Å². The van der Waals surface area contributed by atoms with Crippen LogP contribution in [0.25, 0.3) is 0 Å². The lowest BCUT2D eigenvalue weighted by molar-refractivity contribution is 0.0311. The number of epoxide rings is 1. The van der Waals surface area contributed by atoms with Crippen molar-refractivity contribution in [1.82, 2.24) is 0 Å². The summed E-state index contributed by atoms with van der Waals surface area (Å²) in [5.74, 6) is 0. The average molecular weight is 276 g/mol. The highest BCUT2D eigenvalue weighted by Crippen LogP contribution is 2.27. The number of hydrogen-bond acceptors (Lipinski definition) is 4. The van der Waals surface area contributed by atoms with Crippen LogP contribution in [-0.2, 0) is 18.3 Å². The molecular formula is C13H28O4Si. The summed E-state index contributed by atoms with van der Waals surface area (Å²) in [5.41, 5.74) is 0.00977. The number of ether oxygens (including phenoxy) is 2. The van der Waals surface area contributed by atoms with E-state index in [0.29, 0.717) is 0 Å². The molecule has 2 atom stereocenters. The molecule has 0 amide bonds. The van der Waals surface area contributed by atoms with E-state index in [2.05, 4.69) is 27.3 Å². The lowest BCUT2D eigenvalue weighted by Crippen LogP contribution is -2.55. The smallest absolute Gasteiger partial charge is 0.367 e. The predicted octanol–water partition coefficient (Wildman–Crippen LogP) is 2.64. The minimum Gasteiger partial charge on any atom is -0.393 e. The molecule has 1 aliphatic heterocycles. The van der Waals surface area contributed by atoms with Gasteiger partial charge in [-0.3, -0.25) is 0 Å². The van der Waals surface area contributed by atoms with Crippen LogP contribution in [0.15, 0.2) is 0 Å². The molecule has 2 unspecified atom stereocenters. The molecular weight excluding hydrogens is 248 g/mol. The molecule has 0 aliphatic carbocycles. The minimum atomic E-state index is -2.31. The first-order chi connectivity index (χ1) is 8.68. The van der Waals surface area contributed by atoms with Crippen LogP contribution in [0.2, 0.25) is 6.55 Å². The third kappa shape index (κ3) is 4.97. The molecule has 0 aromatic rings. The molecule has 0 aromatic heterocycles. The van der Waals surface area contributed by atoms with Gasteiger partial charge in [-0.2, -0.15) is 0 Å². The van der Waals surface area contributed by atoms with Gasteiger partial charge in [-0.15, -0.1) is 0 Å². The standard InChI is InChI=1S/C13H28O4Si/c1-5-8-14-13(12-11-15-12)18(4,16-9-6-2)17-10-7-3/h12-13H,5-11H2,1-4H3. The second kappa shape index (κ2) is 8.27. The fourth-order valence-electron chi connectivity index (χ4n) is 1.89. The maximum absolute atomic E-state index is 6.05. The van der Waals surface area contributed by atoms with Crippen molar-refractivity contribution >= 4 is 8.56 Å². The van der Waals surface area contributed by atoms with Crippen molar-refractivity contribution in [3.63, 3.8) is 0 Å². The summed E-state index contributed by atoms with van der Waals surface area (Å²) in [5, 5.41) is 0. The Kier molecular flexibility index (Phi) is 7.40. The molecule has 4 nitrogen and oxygen atoms in total. The van der Waals surface area contributed by atoms with E-state index >= 15 is 0 Å². The fourth-order valence-corrected chi connectivity index (χ4v) is 4.81. The van der Waals surface area contributed by atoms with Crippen LogP contribution in [0.4, 0.5) is 0 Å². The second-order valence-corrected chi connectivity index (χ2v) is 8.05. The highest BCUT2D eigenvalue weighted by atomic mass is 28.4. The average Bonchev–Trinajstić information content (AvgIpc) is 3.19. The maximum Gasteiger partial charge on any atom is 0.367 e. The van der Waals surface area contributed by atoms with Gasteiger partial charge >= 0.3 is 8.56 Å². The van der Waals surface area contributed by atoms with Crippen LogP contribution in [0.5, 0.6) is 0 Å². The van der Waals surface area contributed by atoms with Crippen molar-refractivity contribution in [2.75, 3.05) is 26.4 Å². The monoisotopic (exact) mass is 276 g/mol. The third-order valence-corrected chi connectivity index (χ3v) is 6.03. The Hall–Kier alpha value is 0.0569. The van der Waals surface area contributed by atoms with E-state index in [4.69, 9.17) is 18.3 Å². The first kappa shape index (κ1) is 16.1. The van der Waals surface area contributed by atoms with E-state index in [9.17, 15) is 0 Å². The summed E-state index contributed by atoms with van der Waals surface area (Å²) in [4.78, 5) is 0. The van der Waals surface area contributed by atoms with Crippen molar-refractivity contribution in [2.45, 2.75) is 58.4 Å². The van der Waals surface area contributed by atoms with E-state index in [0.717, 1.165) is 45.7 Å². The molecule has 0 aromatic carbocycles. The molecule has 0 radical (unpaired) electrons. The summed E-state index contributed by atoms with van der Waals surface area (Å²) in [6, 6.07) is 0. The largest absolute Gasteiger partial charge is 0.393 e. The Bertz CT molecular complexity index is 213. The lowest BCUT2D eigenvalue weighted by Gasteiger charge is -2.33. The van der Waals surface area contributed by atoms with Gasteiger partial charge in [0, 0.05) is 19.8 Å². The van der Waals surface area contributed by atoms with Crippen LogP contribution in [0.3, 0.4) is 0 Å². The van der Waals surface area contributed by atoms with Crippen molar-refractivity contribution < 1.29 is 18.3 Å². The van der Waals surface area contributed by atoms with Gasteiger partial charge < -0.3 is 18.3 Å². The number of hydrogen-bond donors (Lipinski definition) is 0. The van der Waals surface area contributed by atoms with Gasteiger partial charge in [-0.05, 0) is 25.8 Å². The minimum absolute atomic E-state index is 0.00977. The molecule has 1 heterocycles. The highest BCUT2D eigenvalue weighted by Gasteiger charge is 2.51.